The normalized spacial score (nSPS) is 14.8. The molecule has 1 amide bonds. The van der Waals surface area contributed by atoms with E-state index < -0.39 is 0 Å². The number of rotatable bonds is 3. The second-order valence-corrected chi connectivity index (χ2v) is 6.54. The number of benzene rings is 1. The van der Waals surface area contributed by atoms with Crippen molar-refractivity contribution in [1.29, 1.82) is 0 Å². The molecule has 0 unspecified atom stereocenters. The van der Waals surface area contributed by atoms with Crippen LogP contribution in [0, 0.1) is 0 Å². The lowest BCUT2D eigenvalue weighted by Crippen LogP contribution is -2.33. The summed E-state index contributed by atoms with van der Waals surface area (Å²) in [4.78, 5) is 18.6. The van der Waals surface area contributed by atoms with E-state index in [0.29, 0.717) is 23.9 Å². The van der Waals surface area contributed by atoms with Crippen LogP contribution < -0.4 is 0 Å². The molecule has 2 aromatic heterocycles. The van der Waals surface area contributed by atoms with E-state index in [2.05, 4.69) is 23.2 Å². The van der Waals surface area contributed by atoms with Crippen LogP contribution >= 0.6 is 11.6 Å². The van der Waals surface area contributed by atoms with Crippen molar-refractivity contribution in [1.82, 2.24) is 14.3 Å². The highest BCUT2D eigenvalue weighted by atomic mass is 35.5. The first-order valence-electron chi connectivity index (χ1n) is 8.56. The lowest BCUT2D eigenvalue weighted by Gasteiger charge is -2.25. The van der Waals surface area contributed by atoms with E-state index in [9.17, 15) is 4.79 Å². The van der Waals surface area contributed by atoms with Crippen LogP contribution in [0.5, 0.6) is 0 Å². The van der Waals surface area contributed by atoms with Gasteiger partial charge in [0.25, 0.3) is 0 Å². The first-order valence-corrected chi connectivity index (χ1v) is 8.94. The number of pyridine rings is 1. The smallest absolute Gasteiger partial charge is 0.246 e. The van der Waals surface area contributed by atoms with Crippen LogP contribution in [0.25, 0.3) is 17.3 Å². The standard InChI is InChI=1S/C21H18ClN3O/c22-21-18(25-13-5-4-8-19(25)23-21)9-10-20(26)24-14-11-17(12-15-24)16-6-2-1-3-7-16/h1-11,13H,12,14-15H2/b10-9+. The van der Waals surface area contributed by atoms with Gasteiger partial charge in [0.2, 0.25) is 5.91 Å². The van der Waals surface area contributed by atoms with Crippen LogP contribution in [0.3, 0.4) is 0 Å². The summed E-state index contributed by atoms with van der Waals surface area (Å²) in [5.74, 6) is -0.0182. The molecule has 3 aromatic rings. The van der Waals surface area contributed by atoms with Gasteiger partial charge in [-0.15, -0.1) is 0 Å². The summed E-state index contributed by atoms with van der Waals surface area (Å²) in [6.07, 6.45) is 8.19. The Hall–Kier alpha value is -2.85. The van der Waals surface area contributed by atoms with Crippen LogP contribution in [0.1, 0.15) is 17.7 Å². The zero-order chi connectivity index (χ0) is 17.9. The van der Waals surface area contributed by atoms with E-state index in [1.165, 1.54) is 11.1 Å². The average Bonchev–Trinajstić information content (AvgIpc) is 3.02. The third-order valence-corrected chi connectivity index (χ3v) is 4.85. The molecule has 5 heteroatoms. The molecule has 0 bridgehead atoms. The largest absolute Gasteiger partial charge is 0.335 e. The molecule has 4 nitrogen and oxygen atoms in total. The third-order valence-electron chi connectivity index (χ3n) is 4.57. The number of hydrogen-bond acceptors (Lipinski definition) is 2. The summed E-state index contributed by atoms with van der Waals surface area (Å²) in [6.45, 7) is 1.33. The van der Waals surface area contributed by atoms with E-state index >= 15 is 0 Å². The maximum Gasteiger partial charge on any atom is 0.246 e. The van der Waals surface area contributed by atoms with Crippen LogP contribution in [0.2, 0.25) is 5.15 Å². The number of nitrogens with zero attached hydrogens (tertiary/aromatic N) is 3. The monoisotopic (exact) mass is 363 g/mol. The van der Waals surface area contributed by atoms with E-state index in [1.54, 1.807) is 12.2 Å². The van der Waals surface area contributed by atoms with E-state index in [4.69, 9.17) is 11.6 Å². The minimum Gasteiger partial charge on any atom is -0.335 e. The number of imidazole rings is 1. The Morgan fingerprint density at radius 2 is 1.92 bits per heavy atom. The number of halogens is 1. The van der Waals surface area contributed by atoms with Crippen molar-refractivity contribution in [2.75, 3.05) is 13.1 Å². The summed E-state index contributed by atoms with van der Waals surface area (Å²) in [7, 11) is 0. The molecule has 0 aliphatic carbocycles. The Bertz CT molecular complexity index is 1000. The summed E-state index contributed by atoms with van der Waals surface area (Å²) >= 11 is 6.21. The van der Waals surface area contributed by atoms with Crippen molar-refractivity contribution in [3.8, 4) is 0 Å². The Kier molecular flexibility index (Phi) is 4.59. The lowest BCUT2D eigenvalue weighted by molar-refractivity contribution is -0.125. The molecule has 0 N–H and O–H groups in total. The van der Waals surface area contributed by atoms with E-state index in [0.717, 1.165) is 12.1 Å². The van der Waals surface area contributed by atoms with Gasteiger partial charge in [-0.05, 0) is 35.8 Å². The van der Waals surface area contributed by atoms with Crippen LogP contribution in [0.4, 0.5) is 0 Å². The van der Waals surface area contributed by atoms with Crippen molar-refractivity contribution in [2.45, 2.75) is 6.42 Å². The SMILES string of the molecule is O=C(/C=C/c1c(Cl)nc2ccccn12)N1CC=C(c2ccccc2)CC1. The molecule has 1 aromatic carbocycles. The second-order valence-electron chi connectivity index (χ2n) is 6.18. The van der Waals surface area contributed by atoms with Gasteiger partial charge in [0.1, 0.15) is 5.65 Å². The Morgan fingerprint density at radius 1 is 1.12 bits per heavy atom. The molecule has 3 heterocycles. The van der Waals surface area contributed by atoms with Gasteiger partial charge in [-0.2, -0.15) is 0 Å². The summed E-state index contributed by atoms with van der Waals surface area (Å²) in [6, 6.07) is 16.0. The van der Waals surface area contributed by atoms with Gasteiger partial charge in [-0.3, -0.25) is 9.20 Å². The van der Waals surface area contributed by atoms with Crippen molar-refractivity contribution in [3.63, 3.8) is 0 Å². The molecule has 0 atom stereocenters. The Morgan fingerprint density at radius 3 is 2.69 bits per heavy atom. The predicted molar refractivity (Wildman–Crippen MR) is 105 cm³/mol. The van der Waals surface area contributed by atoms with Gasteiger partial charge in [0.05, 0.1) is 5.69 Å². The lowest BCUT2D eigenvalue weighted by atomic mass is 9.99. The Balaban J connectivity index is 1.48. The van der Waals surface area contributed by atoms with Crippen molar-refractivity contribution in [2.24, 2.45) is 0 Å². The van der Waals surface area contributed by atoms with E-state index in [-0.39, 0.29) is 5.91 Å². The molecule has 130 valence electrons. The fourth-order valence-electron chi connectivity index (χ4n) is 3.17. The van der Waals surface area contributed by atoms with Crippen molar-refractivity contribution >= 4 is 34.8 Å². The van der Waals surface area contributed by atoms with E-state index in [1.807, 2.05) is 51.9 Å². The molecular formula is C21H18ClN3O. The van der Waals surface area contributed by atoms with Gasteiger partial charge >= 0.3 is 0 Å². The quantitative estimate of drug-likeness (QED) is 0.650. The number of amides is 1. The van der Waals surface area contributed by atoms with Gasteiger partial charge in [-0.25, -0.2) is 4.98 Å². The van der Waals surface area contributed by atoms with Crippen LogP contribution in [-0.4, -0.2) is 33.3 Å². The molecule has 0 radical (unpaired) electrons. The summed E-state index contributed by atoms with van der Waals surface area (Å²) < 4.78 is 1.87. The molecule has 0 spiro atoms. The molecule has 4 rings (SSSR count). The zero-order valence-electron chi connectivity index (χ0n) is 14.2. The summed E-state index contributed by atoms with van der Waals surface area (Å²) in [5.41, 5.74) is 4.00. The van der Waals surface area contributed by atoms with Crippen LogP contribution in [-0.2, 0) is 4.79 Å². The molecule has 0 saturated heterocycles. The average molecular weight is 364 g/mol. The highest BCUT2D eigenvalue weighted by Gasteiger charge is 2.16. The van der Waals surface area contributed by atoms with Crippen molar-refractivity contribution in [3.05, 3.63) is 83.3 Å². The maximum atomic E-state index is 12.5. The molecule has 1 aliphatic rings. The number of carbonyl (C=O) groups is 1. The zero-order valence-corrected chi connectivity index (χ0v) is 14.9. The molecular weight excluding hydrogens is 346 g/mol. The molecule has 0 saturated carbocycles. The number of carbonyl (C=O) groups excluding carboxylic acids is 1. The van der Waals surface area contributed by atoms with Gasteiger partial charge < -0.3 is 4.90 Å². The maximum absolute atomic E-state index is 12.5. The fourth-order valence-corrected chi connectivity index (χ4v) is 3.42. The number of aromatic nitrogens is 2. The van der Waals surface area contributed by atoms with Crippen LogP contribution in [0.15, 0.2) is 66.9 Å². The predicted octanol–water partition coefficient (Wildman–Crippen LogP) is 4.32. The first-order chi connectivity index (χ1) is 12.7. The van der Waals surface area contributed by atoms with Crippen molar-refractivity contribution < 1.29 is 4.79 Å². The van der Waals surface area contributed by atoms with Gasteiger partial charge in [-0.1, -0.05) is 54.1 Å². The fraction of sp³-hybridized carbons (Fsp3) is 0.143. The van der Waals surface area contributed by atoms with Gasteiger partial charge in [0.15, 0.2) is 5.15 Å². The minimum atomic E-state index is -0.0182. The highest BCUT2D eigenvalue weighted by molar-refractivity contribution is 6.31. The first kappa shape index (κ1) is 16.6. The topological polar surface area (TPSA) is 37.6 Å². The second kappa shape index (κ2) is 7.18. The molecule has 1 aliphatic heterocycles. The Labute approximate surface area is 157 Å². The number of fused-ring (bicyclic) bond motifs is 1. The van der Waals surface area contributed by atoms with Gasteiger partial charge in [0, 0.05) is 25.4 Å². The summed E-state index contributed by atoms with van der Waals surface area (Å²) in [5, 5.41) is 0.394. The third kappa shape index (κ3) is 3.28. The minimum absolute atomic E-state index is 0.0182. The number of hydrogen-bond donors (Lipinski definition) is 0. The molecule has 26 heavy (non-hydrogen) atoms. The molecule has 0 fully saturated rings. The highest BCUT2D eigenvalue weighted by Crippen LogP contribution is 2.23.